The number of nitro benzene ring substituents is 1. The monoisotopic (exact) mass is 396 g/mol. The minimum absolute atomic E-state index is 0.0347. The van der Waals surface area contributed by atoms with Gasteiger partial charge in [-0.25, -0.2) is 8.42 Å². The van der Waals surface area contributed by atoms with Gasteiger partial charge in [-0.2, -0.15) is 0 Å². The van der Waals surface area contributed by atoms with Gasteiger partial charge in [0, 0.05) is 6.07 Å². The van der Waals surface area contributed by atoms with Crippen LogP contribution in [0.25, 0.3) is 0 Å². The molecule has 0 saturated carbocycles. The van der Waals surface area contributed by atoms with E-state index < -0.39 is 14.9 Å². The first-order valence-corrected chi connectivity index (χ1v) is 8.49. The van der Waals surface area contributed by atoms with Crippen LogP contribution in [0.2, 0.25) is 5.02 Å². The number of anilines is 1. The summed E-state index contributed by atoms with van der Waals surface area (Å²) < 4.78 is 26.9. The zero-order valence-corrected chi connectivity index (χ0v) is 13.5. The molecule has 0 fully saturated rings. The SMILES string of the molecule is O=[N+]([O-])c1ccccc1NS(=O)(=O)c1cc(Cl)c(Br)s1. The van der Waals surface area contributed by atoms with Gasteiger partial charge in [0.1, 0.15) is 9.90 Å². The standard InChI is InChI=1S/C10H6BrClN2O4S2/c11-10-6(12)5-9(19-10)20(17,18)13-7-3-1-2-4-8(7)14(15)16/h1-5,13H. The van der Waals surface area contributed by atoms with Crippen molar-refractivity contribution in [3.05, 3.63) is 49.3 Å². The summed E-state index contributed by atoms with van der Waals surface area (Å²) in [5.41, 5.74) is -0.420. The van der Waals surface area contributed by atoms with Crippen LogP contribution in [0.4, 0.5) is 11.4 Å². The van der Waals surface area contributed by atoms with Crippen molar-refractivity contribution in [1.82, 2.24) is 0 Å². The van der Waals surface area contributed by atoms with Crippen molar-refractivity contribution in [1.29, 1.82) is 0 Å². The average Bonchev–Trinajstić information content (AvgIpc) is 2.70. The maximum Gasteiger partial charge on any atom is 0.293 e. The van der Waals surface area contributed by atoms with Crippen molar-refractivity contribution in [3.63, 3.8) is 0 Å². The smallest absolute Gasteiger partial charge is 0.272 e. The number of nitrogens with zero attached hydrogens (tertiary/aromatic N) is 1. The maximum absolute atomic E-state index is 12.1. The molecule has 106 valence electrons. The molecule has 0 unspecified atom stereocenters. The van der Waals surface area contributed by atoms with Gasteiger partial charge in [-0.1, -0.05) is 23.7 Å². The molecule has 0 bridgehead atoms. The number of hydrogen-bond acceptors (Lipinski definition) is 5. The molecular weight excluding hydrogens is 392 g/mol. The highest BCUT2D eigenvalue weighted by molar-refractivity contribution is 9.11. The number of hydrogen-bond donors (Lipinski definition) is 1. The molecule has 0 atom stereocenters. The van der Waals surface area contributed by atoms with Crippen LogP contribution in [0.5, 0.6) is 0 Å². The minimum Gasteiger partial charge on any atom is -0.272 e. The number of halogens is 2. The van der Waals surface area contributed by atoms with E-state index in [1.54, 1.807) is 0 Å². The molecule has 20 heavy (non-hydrogen) atoms. The predicted octanol–water partition coefficient (Wildman–Crippen LogP) is 3.87. The molecule has 1 N–H and O–H groups in total. The normalized spacial score (nSPS) is 11.3. The molecule has 0 amide bonds. The molecule has 2 rings (SSSR count). The Labute approximate surface area is 131 Å². The molecule has 0 aliphatic heterocycles. The molecular formula is C10H6BrClN2O4S2. The van der Waals surface area contributed by atoms with Gasteiger partial charge in [-0.15, -0.1) is 11.3 Å². The number of rotatable bonds is 4. The summed E-state index contributed by atoms with van der Waals surface area (Å²) in [5, 5.41) is 11.1. The summed E-state index contributed by atoms with van der Waals surface area (Å²) in [4.78, 5) is 10.2. The first-order chi connectivity index (χ1) is 9.31. The van der Waals surface area contributed by atoms with E-state index in [-0.39, 0.29) is 20.6 Å². The number of para-hydroxylation sites is 2. The van der Waals surface area contributed by atoms with E-state index in [9.17, 15) is 18.5 Å². The Morgan fingerprint density at radius 1 is 1.35 bits per heavy atom. The van der Waals surface area contributed by atoms with E-state index in [0.717, 1.165) is 11.3 Å². The summed E-state index contributed by atoms with van der Waals surface area (Å²) in [6.45, 7) is 0. The summed E-state index contributed by atoms with van der Waals surface area (Å²) >= 11 is 9.82. The molecule has 0 aliphatic carbocycles. The third-order valence-electron chi connectivity index (χ3n) is 2.23. The molecule has 1 aromatic carbocycles. The number of benzene rings is 1. The molecule has 0 aliphatic rings. The highest BCUT2D eigenvalue weighted by atomic mass is 79.9. The van der Waals surface area contributed by atoms with Crippen molar-refractivity contribution < 1.29 is 13.3 Å². The van der Waals surface area contributed by atoms with Crippen LogP contribution >= 0.6 is 38.9 Å². The zero-order valence-electron chi connectivity index (χ0n) is 9.54. The van der Waals surface area contributed by atoms with Crippen molar-refractivity contribution in [2.24, 2.45) is 0 Å². The topological polar surface area (TPSA) is 89.3 Å². The van der Waals surface area contributed by atoms with Gasteiger partial charge < -0.3 is 0 Å². The van der Waals surface area contributed by atoms with Crippen LogP contribution in [0.15, 0.2) is 38.3 Å². The Hall–Kier alpha value is -1.16. The number of nitrogens with one attached hydrogen (secondary N) is 1. The van der Waals surface area contributed by atoms with Gasteiger partial charge in [0.15, 0.2) is 0 Å². The number of thiophene rings is 1. The van der Waals surface area contributed by atoms with E-state index in [1.165, 1.54) is 30.3 Å². The molecule has 0 radical (unpaired) electrons. The summed E-state index contributed by atoms with van der Waals surface area (Å²) in [5.74, 6) is 0. The first kappa shape index (κ1) is 15.2. The number of sulfonamides is 1. The summed E-state index contributed by atoms with van der Waals surface area (Å²) in [6, 6.07) is 6.76. The molecule has 2 aromatic rings. The van der Waals surface area contributed by atoms with Crippen molar-refractivity contribution in [2.45, 2.75) is 4.21 Å². The van der Waals surface area contributed by atoms with E-state index in [0.29, 0.717) is 3.79 Å². The molecule has 0 spiro atoms. The zero-order chi connectivity index (χ0) is 14.9. The van der Waals surface area contributed by atoms with Gasteiger partial charge in [-0.3, -0.25) is 14.8 Å². The van der Waals surface area contributed by atoms with E-state index in [4.69, 9.17) is 11.6 Å². The molecule has 10 heteroatoms. The van der Waals surface area contributed by atoms with Gasteiger partial charge in [0.05, 0.1) is 13.7 Å². The second-order valence-electron chi connectivity index (χ2n) is 3.57. The Bertz CT molecular complexity index is 756. The second-order valence-corrected chi connectivity index (χ2v) is 8.25. The van der Waals surface area contributed by atoms with E-state index >= 15 is 0 Å². The highest BCUT2D eigenvalue weighted by Crippen LogP contribution is 2.36. The molecule has 6 nitrogen and oxygen atoms in total. The van der Waals surface area contributed by atoms with Gasteiger partial charge in [-0.05, 0) is 28.1 Å². The lowest BCUT2D eigenvalue weighted by Crippen LogP contribution is -2.12. The summed E-state index contributed by atoms with van der Waals surface area (Å²) in [6.07, 6.45) is 0. The van der Waals surface area contributed by atoms with Gasteiger partial charge in [0.2, 0.25) is 0 Å². The highest BCUT2D eigenvalue weighted by Gasteiger charge is 2.23. The predicted molar refractivity (Wildman–Crippen MR) is 80.9 cm³/mol. The fourth-order valence-electron chi connectivity index (χ4n) is 1.37. The van der Waals surface area contributed by atoms with Crippen LogP contribution in [0, 0.1) is 10.1 Å². The Kier molecular flexibility index (Phi) is 4.33. The van der Waals surface area contributed by atoms with Crippen molar-refractivity contribution in [3.8, 4) is 0 Å². The van der Waals surface area contributed by atoms with Gasteiger partial charge in [0.25, 0.3) is 15.7 Å². The van der Waals surface area contributed by atoms with Crippen molar-refractivity contribution in [2.75, 3.05) is 4.72 Å². The van der Waals surface area contributed by atoms with Crippen LogP contribution in [-0.2, 0) is 10.0 Å². The lowest BCUT2D eigenvalue weighted by atomic mass is 10.3. The quantitative estimate of drug-likeness (QED) is 0.626. The Morgan fingerprint density at radius 3 is 2.55 bits per heavy atom. The lowest BCUT2D eigenvalue weighted by Gasteiger charge is -2.06. The molecule has 0 saturated heterocycles. The first-order valence-electron chi connectivity index (χ1n) is 5.02. The van der Waals surface area contributed by atoms with Crippen molar-refractivity contribution >= 4 is 60.3 Å². The average molecular weight is 398 g/mol. The largest absolute Gasteiger partial charge is 0.293 e. The van der Waals surface area contributed by atoms with Crippen LogP contribution < -0.4 is 4.72 Å². The Morgan fingerprint density at radius 2 is 2.00 bits per heavy atom. The van der Waals surface area contributed by atoms with E-state index in [2.05, 4.69) is 20.7 Å². The summed E-state index contributed by atoms with van der Waals surface area (Å²) in [7, 11) is -3.92. The van der Waals surface area contributed by atoms with Crippen LogP contribution in [0.3, 0.4) is 0 Å². The minimum atomic E-state index is -3.92. The third kappa shape index (κ3) is 3.11. The fraction of sp³-hybridized carbons (Fsp3) is 0. The third-order valence-corrected chi connectivity index (χ3v) is 6.55. The number of nitro groups is 1. The molecule has 1 aromatic heterocycles. The second kappa shape index (κ2) is 5.68. The molecule has 1 heterocycles. The van der Waals surface area contributed by atoms with Crippen LogP contribution in [0.1, 0.15) is 0 Å². The lowest BCUT2D eigenvalue weighted by molar-refractivity contribution is -0.383. The fourth-order valence-corrected chi connectivity index (χ4v) is 4.85. The van der Waals surface area contributed by atoms with Crippen LogP contribution in [-0.4, -0.2) is 13.3 Å². The van der Waals surface area contributed by atoms with E-state index in [1.807, 2.05) is 0 Å². The van der Waals surface area contributed by atoms with Gasteiger partial charge >= 0.3 is 0 Å². The Balaban J connectivity index is 2.41. The maximum atomic E-state index is 12.1.